The minimum absolute atomic E-state index is 0.0857. The molecule has 0 amide bonds. The van der Waals surface area contributed by atoms with E-state index in [1.807, 2.05) is 0 Å². The predicted octanol–water partition coefficient (Wildman–Crippen LogP) is 1.74. The van der Waals surface area contributed by atoms with Crippen LogP contribution < -0.4 is 10.3 Å². The maximum atomic E-state index is 13.2. The predicted molar refractivity (Wildman–Crippen MR) is 69.7 cm³/mol. The van der Waals surface area contributed by atoms with Gasteiger partial charge in [-0.3, -0.25) is 4.79 Å². The number of methoxy groups -OCH3 is 1. The first kappa shape index (κ1) is 13.8. The van der Waals surface area contributed by atoms with Crippen LogP contribution in [0.1, 0.15) is 15.9 Å². The van der Waals surface area contributed by atoms with Gasteiger partial charge < -0.3 is 14.4 Å². The second-order valence-corrected chi connectivity index (χ2v) is 4.14. The van der Waals surface area contributed by atoms with Crippen molar-refractivity contribution in [1.29, 1.82) is 0 Å². The van der Waals surface area contributed by atoms with E-state index < -0.39 is 17.3 Å². The molecule has 0 bridgehead atoms. The molecule has 0 saturated carbocycles. The van der Waals surface area contributed by atoms with Gasteiger partial charge in [-0.1, -0.05) is 0 Å². The Bertz CT molecular complexity index is 709. The number of carboxylic acids is 1. The van der Waals surface area contributed by atoms with Crippen molar-refractivity contribution >= 4 is 5.97 Å². The molecule has 20 heavy (non-hydrogen) atoms. The lowest BCUT2D eigenvalue weighted by molar-refractivity contribution is 0.0696. The molecule has 0 aliphatic rings. The summed E-state index contributed by atoms with van der Waals surface area (Å²) in [5.41, 5.74) is -0.0636. The molecule has 0 aliphatic carbocycles. The standard InChI is InChI=1S/C14H12FNO4/c1-20-12-3-2-11(15)6-10(12)8-16-5-4-9(14(18)19)7-13(16)17/h2-7H,8H2,1H3,(H,18,19). The average molecular weight is 277 g/mol. The fourth-order valence-corrected chi connectivity index (χ4v) is 1.83. The molecular formula is C14H12FNO4. The molecule has 0 aliphatic heterocycles. The van der Waals surface area contributed by atoms with E-state index in [2.05, 4.69) is 0 Å². The normalized spacial score (nSPS) is 10.3. The van der Waals surface area contributed by atoms with Crippen molar-refractivity contribution in [3.63, 3.8) is 0 Å². The van der Waals surface area contributed by atoms with Gasteiger partial charge in [-0.05, 0) is 24.3 Å². The molecule has 1 heterocycles. The number of carboxylic acid groups (broad SMARTS) is 1. The van der Waals surface area contributed by atoms with Crippen molar-refractivity contribution in [2.75, 3.05) is 7.11 Å². The van der Waals surface area contributed by atoms with Gasteiger partial charge in [0.05, 0.1) is 19.2 Å². The van der Waals surface area contributed by atoms with Crippen LogP contribution in [0, 0.1) is 5.82 Å². The number of hydrogen-bond donors (Lipinski definition) is 1. The average Bonchev–Trinajstić information content (AvgIpc) is 2.41. The number of aromatic carboxylic acids is 1. The molecule has 6 heteroatoms. The third-order valence-electron chi connectivity index (χ3n) is 2.83. The van der Waals surface area contributed by atoms with Crippen molar-refractivity contribution in [2.24, 2.45) is 0 Å². The van der Waals surface area contributed by atoms with Crippen LogP contribution in [0.25, 0.3) is 0 Å². The Hall–Kier alpha value is -2.63. The summed E-state index contributed by atoms with van der Waals surface area (Å²) in [4.78, 5) is 22.5. The number of carbonyl (C=O) groups is 1. The molecule has 5 nitrogen and oxygen atoms in total. The fourth-order valence-electron chi connectivity index (χ4n) is 1.83. The van der Waals surface area contributed by atoms with E-state index in [0.29, 0.717) is 11.3 Å². The van der Waals surface area contributed by atoms with E-state index in [9.17, 15) is 14.0 Å². The number of benzene rings is 1. The molecule has 1 aromatic heterocycles. The topological polar surface area (TPSA) is 68.5 Å². The third-order valence-corrected chi connectivity index (χ3v) is 2.83. The van der Waals surface area contributed by atoms with Crippen LogP contribution in [0.15, 0.2) is 41.3 Å². The summed E-state index contributed by atoms with van der Waals surface area (Å²) in [6.07, 6.45) is 1.36. The quantitative estimate of drug-likeness (QED) is 0.924. The minimum atomic E-state index is -1.17. The number of pyridine rings is 1. The van der Waals surface area contributed by atoms with E-state index in [1.54, 1.807) is 0 Å². The van der Waals surface area contributed by atoms with E-state index in [0.717, 1.165) is 6.07 Å². The van der Waals surface area contributed by atoms with Gasteiger partial charge in [0.2, 0.25) is 0 Å². The van der Waals surface area contributed by atoms with Gasteiger partial charge in [-0.25, -0.2) is 9.18 Å². The highest BCUT2D eigenvalue weighted by Crippen LogP contribution is 2.19. The summed E-state index contributed by atoms with van der Waals surface area (Å²) in [6.45, 7) is 0.0969. The highest BCUT2D eigenvalue weighted by molar-refractivity contribution is 5.87. The number of halogens is 1. The highest BCUT2D eigenvalue weighted by atomic mass is 19.1. The first-order valence-electron chi connectivity index (χ1n) is 5.77. The fraction of sp³-hybridized carbons (Fsp3) is 0.143. The number of ether oxygens (including phenoxy) is 1. The maximum absolute atomic E-state index is 13.2. The molecule has 0 radical (unpaired) electrons. The lowest BCUT2D eigenvalue weighted by Gasteiger charge is -2.10. The van der Waals surface area contributed by atoms with Crippen LogP contribution in [0.3, 0.4) is 0 Å². The summed E-state index contributed by atoms with van der Waals surface area (Å²) in [6, 6.07) is 6.35. The molecule has 0 saturated heterocycles. The number of rotatable bonds is 4. The van der Waals surface area contributed by atoms with Crippen LogP contribution in [-0.4, -0.2) is 22.8 Å². The first-order chi connectivity index (χ1) is 9.51. The molecule has 2 rings (SSSR count). The summed E-state index contributed by atoms with van der Waals surface area (Å²) in [5, 5.41) is 8.79. The second kappa shape index (κ2) is 5.56. The van der Waals surface area contributed by atoms with Gasteiger partial charge in [-0.15, -0.1) is 0 Å². The van der Waals surface area contributed by atoms with Gasteiger partial charge in [0.25, 0.3) is 5.56 Å². The van der Waals surface area contributed by atoms with Crippen molar-refractivity contribution in [3.8, 4) is 5.75 Å². The largest absolute Gasteiger partial charge is 0.496 e. The molecule has 104 valence electrons. The summed E-state index contributed by atoms with van der Waals surface area (Å²) in [7, 11) is 1.45. The Kier molecular flexibility index (Phi) is 3.84. The maximum Gasteiger partial charge on any atom is 0.335 e. The smallest absolute Gasteiger partial charge is 0.335 e. The number of aromatic nitrogens is 1. The van der Waals surface area contributed by atoms with Gasteiger partial charge in [-0.2, -0.15) is 0 Å². The summed E-state index contributed by atoms with van der Waals surface area (Å²) in [5.74, 6) is -1.14. The Morgan fingerprint density at radius 1 is 1.35 bits per heavy atom. The van der Waals surface area contributed by atoms with Crippen molar-refractivity contribution < 1.29 is 19.0 Å². The van der Waals surface area contributed by atoms with Crippen LogP contribution in [0.2, 0.25) is 0 Å². The Morgan fingerprint density at radius 3 is 2.70 bits per heavy atom. The number of nitrogens with zero attached hydrogens (tertiary/aromatic N) is 1. The lowest BCUT2D eigenvalue weighted by atomic mass is 10.2. The van der Waals surface area contributed by atoms with Gasteiger partial charge in [0.1, 0.15) is 11.6 Å². The first-order valence-corrected chi connectivity index (χ1v) is 5.77. The Morgan fingerprint density at radius 2 is 2.10 bits per heavy atom. The zero-order valence-corrected chi connectivity index (χ0v) is 10.7. The molecule has 0 unspecified atom stereocenters. The molecule has 0 spiro atoms. The van der Waals surface area contributed by atoms with E-state index in [4.69, 9.17) is 9.84 Å². The van der Waals surface area contributed by atoms with Gasteiger partial charge in [0.15, 0.2) is 0 Å². The van der Waals surface area contributed by atoms with Crippen molar-refractivity contribution in [2.45, 2.75) is 6.54 Å². The molecule has 0 fully saturated rings. The second-order valence-electron chi connectivity index (χ2n) is 4.14. The molecule has 2 aromatic rings. The summed E-state index contributed by atoms with van der Waals surface area (Å²) < 4.78 is 19.6. The molecule has 0 atom stereocenters. The van der Waals surface area contributed by atoms with Crippen LogP contribution in [-0.2, 0) is 6.54 Å². The minimum Gasteiger partial charge on any atom is -0.496 e. The molecular weight excluding hydrogens is 265 g/mol. The SMILES string of the molecule is COc1ccc(F)cc1Cn1ccc(C(=O)O)cc1=O. The van der Waals surface area contributed by atoms with Crippen LogP contribution >= 0.6 is 0 Å². The monoisotopic (exact) mass is 277 g/mol. The lowest BCUT2D eigenvalue weighted by Crippen LogP contribution is -2.21. The van der Waals surface area contributed by atoms with Gasteiger partial charge >= 0.3 is 5.97 Å². The zero-order chi connectivity index (χ0) is 14.7. The Labute approximate surface area is 113 Å². The van der Waals surface area contributed by atoms with Crippen LogP contribution in [0.4, 0.5) is 4.39 Å². The van der Waals surface area contributed by atoms with Crippen molar-refractivity contribution in [1.82, 2.24) is 4.57 Å². The third kappa shape index (κ3) is 2.85. The van der Waals surface area contributed by atoms with E-state index in [1.165, 1.54) is 42.1 Å². The van der Waals surface area contributed by atoms with E-state index in [-0.39, 0.29) is 12.1 Å². The highest BCUT2D eigenvalue weighted by Gasteiger charge is 2.09. The van der Waals surface area contributed by atoms with E-state index >= 15 is 0 Å². The summed E-state index contributed by atoms with van der Waals surface area (Å²) >= 11 is 0. The number of hydrogen-bond acceptors (Lipinski definition) is 3. The zero-order valence-electron chi connectivity index (χ0n) is 10.7. The van der Waals surface area contributed by atoms with Crippen LogP contribution in [0.5, 0.6) is 5.75 Å². The molecule has 1 aromatic carbocycles. The Balaban J connectivity index is 2.38. The van der Waals surface area contributed by atoms with Gasteiger partial charge in [0, 0.05) is 17.8 Å². The van der Waals surface area contributed by atoms with Crippen molar-refractivity contribution in [3.05, 3.63) is 63.8 Å². The molecule has 1 N–H and O–H groups in total.